The van der Waals surface area contributed by atoms with Crippen molar-refractivity contribution in [3.8, 4) is 0 Å². The summed E-state index contributed by atoms with van der Waals surface area (Å²) < 4.78 is 37.8. The molecule has 28 heavy (non-hydrogen) atoms. The van der Waals surface area contributed by atoms with Crippen molar-refractivity contribution < 1.29 is 18.0 Å². The molecule has 144 valence electrons. The van der Waals surface area contributed by atoms with Gasteiger partial charge in [-0.3, -0.25) is 4.79 Å². The van der Waals surface area contributed by atoms with Gasteiger partial charge in [-0.2, -0.15) is 13.2 Å². The van der Waals surface area contributed by atoms with E-state index in [0.717, 1.165) is 29.0 Å². The molecule has 0 aliphatic heterocycles. The molecule has 0 bridgehead atoms. The Morgan fingerprint density at radius 3 is 2.32 bits per heavy atom. The second-order valence-electron chi connectivity index (χ2n) is 5.69. The first-order valence-electron chi connectivity index (χ1n) is 8.03. The number of aromatic nitrogens is 2. The highest BCUT2D eigenvalue weighted by atomic mass is 35.5. The molecular formula is C19H13ClF3N3OS. The molecule has 0 aliphatic carbocycles. The monoisotopic (exact) mass is 423 g/mol. The zero-order valence-corrected chi connectivity index (χ0v) is 15.8. The van der Waals surface area contributed by atoms with Crippen LogP contribution in [-0.4, -0.2) is 16.1 Å². The highest BCUT2D eigenvalue weighted by Gasteiger charge is 2.29. The van der Waals surface area contributed by atoms with E-state index in [1.54, 1.807) is 0 Å². The smallest absolute Gasteiger partial charge is 0.346 e. The van der Waals surface area contributed by atoms with Crippen LogP contribution in [0.15, 0.2) is 54.6 Å². The average Bonchev–Trinajstić information content (AvgIpc) is 3.17. The first-order chi connectivity index (χ1) is 13.3. The second-order valence-corrected chi connectivity index (χ2v) is 7.08. The third kappa shape index (κ3) is 5.17. The molecule has 0 fully saturated rings. The van der Waals surface area contributed by atoms with E-state index in [1.807, 2.05) is 30.3 Å². The molecule has 4 nitrogen and oxygen atoms in total. The van der Waals surface area contributed by atoms with Crippen molar-refractivity contribution in [1.29, 1.82) is 0 Å². The van der Waals surface area contributed by atoms with E-state index in [9.17, 15) is 18.0 Å². The lowest BCUT2D eigenvalue weighted by Gasteiger charge is -2.06. The average molecular weight is 424 g/mol. The molecule has 3 aromatic rings. The zero-order valence-electron chi connectivity index (χ0n) is 14.2. The van der Waals surface area contributed by atoms with Gasteiger partial charge in [0, 0.05) is 6.54 Å². The van der Waals surface area contributed by atoms with Crippen molar-refractivity contribution >= 4 is 40.0 Å². The molecule has 1 N–H and O–H groups in total. The number of halogens is 4. The maximum absolute atomic E-state index is 12.6. The van der Waals surface area contributed by atoms with Crippen LogP contribution in [0, 0.1) is 0 Å². The standard InChI is InChI=1S/C19H13ClF3N3OS/c20-15(10-12-6-8-14(9-7-12)19(21,22)23)17-25-26-18(28-17)16(27)24-11-13-4-2-1-3-5-13/h1-10H,11H2,(H,24,27)/b15-10-. The summed E-state index contributed by atoms with van der Waals surface area (Å²) in [7, 11) is 0. The van der Waals surface area contributed by atoms with E-state index in [1.165, 1.54) is 18.2 Å². The lowest BCUT2D eigenvalue weighted by atomic mass is 10.1. The molecule has 0 saturated carbocycles. The molecule has 0 radical (unpaired) electrons. The van der Waals surface area contributed by atoms with Gasteiger partial charge >= 0.3 is 6.18 Å². The molecule has 9 heteroatoms. The van der Waals surface area contributed by atoms with Gasteiger partial charge in [-0.25, -0.2) is 0 Å². The number of benzene rings is 2. The van der Waals surface area contributed by atoms with E-state index in [0.29, 0.717) is 17.1 Å². The van der Waals surface area contributed by atoms with E-state index in [2.05, 4.69) is 15.5 Å². The van der Waals surface area contributed by atoms with Crippen LogP contribution in [0.25, 0.3) is 11.1 Å². The predicted molar refractivity (Wildman–Crippen MR) is 103 cm³/mol. The topological polar surface area (TPSA) is 54.9 Å². The van der Waals surface area contributed by atoms with Crippen LogP contribution in [0.1, 0.15) is 31.5 Å². The zero-order chi connectivity index (χ0) is 20.1. The van der Waals surface area contributed by atoms with Crippen LogP contribution in [0.2, 0.25) is 0 Å². The quantitative estimate of drug-likeness (QED) is 0.611. The van der Waals surface area contributed by atoms with Gasteiger partial charge in [0.25, 0.3) is 5.91 Å². The van der Waals surface area contributed by atoms with E-state index < -0.39 is 11.7 Å². The third-order valence-electron chi connectivity index (χ3n) is 3.65. The number of rotatable bonds is 5. The van der Waals surface area contributed by atoms with E-state index in [-0.39, 0.29) is 15.9 Å². The molecule has 0 aliphatic rings. The number of carbonyl (C=O) groups is 1. The number of nitrogens with one attached hydrogen (secondary N) is 1. The number of alkyl halides is 3. The minimum absolute atomic E-state index is 0.143. The fraction of sp³-hybridized carbons (Fsp3) is 0.105. The SMILES string of the molecule is O=C(NCc1ccccc1)c1nnc(/C(Cl)=C/c2ccc(C(F)(F)F)cc2)s1. The molecular weight excluding hydrogens is 411 g/mol. The Balaban J connectivity index is 1.67. The molecule has 1 heterocycles. The number of nitrogens with zero attached hydrogens (tertiary/aromatic N) is 2. The summed E-state index contributed by atoms with van der Waals surface area (Å²) in [5.74, 6) is -0.383. The summed E-state index contributed by atoms with van der Waals surface area (Å²) in [4.78, 5) is 12.2. The number of carbonyl (C=O) groups excluding carboxylic acids is 1. The summed E-state index contributed by atoms with van der Waals surface area (Å²) in [6.07, 6.45) is -2.93. The fourth-order valence-corrected chi connectivity index (χ4v) is 3.19. The van der Waals surface area contributed by atoms with Gasteiger partial charge < -0.3 is 5.32 Å². The van der Waals surface area contributed by atoms with Gasteiger partial charge in [-0.15, -0.1) is 10.2 Å². The van der Waals surface area contributed by atoms with E-state index >= 15 is 0 Å². The Morgan fingerprint density at radius 2 is 1.68 bits per heavy atom. The highest BCUT2D eigenvalue weighted by Crippen LogP contribution is 2.30. The van der Waals surface area contributed by atoms with Gasteiger partial charge in [0.1, 0.15) is 0 Å². The molecule has 1 amide bonds. The van der Waals surface area contributed by atoms with Gasteiger partial charge in [0.15, 0.2) is 5.01 Å². The van der Waals surface area contributed by atoms with Gasteiger partial charge in [-0.05, 0) is 29.3 Å². The molecule has 0 unspecified atom stereocenters. The molecule has 2 aromatic carbocycles. The van der Waals surface area contributed by atoms with Crippen LogP contribution in [0.5, 0.6) is 0 Å². The lowest BCUT2D eigenvalue weighted by molar-refractivity contribution is -0.137. The Morgan fingerprint density at radius 1 is 1.04 bits per heavy atom. The Kier molecular flexibility index (Phi) is 6.11. The van der Waals surface area contributed by atoms with Gasteiger partial charge in [0.2, 0.25) is 5.01 Å². The van der Waals surface area contributed by atoms with Crippen LogP contribution < -0.4 is 5.32 Å². The minimum Gasteiger partial charge on any atom is -0.346 e. The van der Waals surface area contributed by atoms with Gasteiger partial charge in [-0.1, -0.05) is 65.4 Å². The Bertz CT molecular complexity index is 986. The van der Waals surface area contributed by atoms with Crippen LogP contribution in [0.3, 0.4) is 0 Å². The van der Waals surface area contributed by atoms with Crippen molar-refractivity contribution in [2.75, 3.05) is 0 Å². The van der Waals surface area contributed by atoms with Crippen molar-refractivity contribution in [2.24, 2.45) is 0 Å². The van der Waals surface area contributed by atoms with Gasteiger partial charge in [0.05, 0.1) is 10.6 Å². The number of hydrogen-bond donors (Lipinski definition) is 1. The van der Waals surface area contributed by atoms with Crippen molar-refractivity contribution in [2.45, 2.75) is 12.7 Å². The number of hydrogen-bond acceptors (Lipinski definition) is 4. The van der Waals surface area contributed by atoms with Crippen molar-refractivity contribution in [3.63, 3.8) is 0 Å². The largest absolute Gasteiger partial charge is 0.416 e. The summed E-state index contributed by atoms with van der Waals surface area (Å²) >= 11 is 7.17. The molecule has 0 saturated heterocycles. The van der Waals surface area contributed by atoms with Crippen molar-refractivity contribution in [3.05, 3.63) is 81.3 Å². The molecule has 3 rings (SSSR count). The third-order valence-corrected chi connectivity index (χ3v) is 5.01. The maximum atomic E-state index is 12.6. The van der Waals surface area contributed by atoms with Crippen LogP contribution in [-0.2, 0) is 12.7 Å². The fourth-order valence-electron chi connectivity index (χ4n) is 2.24. The highest BCUT2D eigenvalue weighted by molar-refractivity contribution is 7.15. The molecule has 0 spiro atoms. The lowest BCUT2D eigenvalue weighted by Crippen LogP contribution is -2.22. The first-order valence-corrected chi connectivity index (χ1v) is 9.23. The maximum Gasteiger partial charge on any atom is 0.416 e. The predicted octanol–water partition coefficient (Wildman–Crippen LogP) is 5.22. The van der Waals surface area contributed by atoms with Crippen molar-refractivity contribution in [1.82, 2.24) is 15.5 Å². The van der Waals surface area contributed by atoms with E-state index in [4.69, 9.17) is 11.6 Å². The first kappa shape index (κ1) is 20.0. The normalized spacial score (nSPS) is 12.1. The minimum atomic E-state index is -4.40. The Labute approximate surface area is 167 Å². The second kappa shape index (κ2) is 8.53. The summed E-state index contributed by atoms with van der Waals surface area (Å²) in [6.45, 7) is 0.351. The Hall–Kier alpha value is -2.71. The molecule has 0 atom stereocenters. The summed E-state index contributed by atoms with van der Waals surface area (Å²) in [5, 5.41) is 11.1. The van der Waals surface area contributed by atoms with Crippen LogP contribution in [0.4, 0.5) is 13.2 Å². The van der Waals surface area contributed by atoms with Crippen LogP contribution >= 0.6 is 22.9 Å². The number of amides is 1. The summed E-state index contributed by atoms with van der Waals surface area (Å²) in [5.41, 5.74) is 0.679. The molecule has 1 aromatic heterocycles. The summed E-state index contributed by atoms with van der Waals surface area (Å²) in [6, 6.07) is 13.9.